The van der Waals surface area contributed by atoms with Gasteiger partial charge in [-0.25, -0.2) is 8.78 Å². The van der Waals surface area contributed by atoms with Crippen molar-refractivity contribution in [1.29, 1.82) is 0 Å². The Morgan fingerprint density at radius 3 is 2.58 bits per heavy atom. The van der Waals surface area contributed by atoms with Crippen LogP contribution in [-0.2, 0) is 0 Å². The number of benzene rings is 2. The Hall–Kier alpha value is -1.46. The van der Waals surface area contributed by atoms with Gasteiger partial charge in [0.25, 0.3) is 0 Å². The van der Waals surface area contributed by atoms with E-state index in [1.54, 1.807) is 18.2 Å². The molecule has 2 nitrogen and oxygen atoms in total. The highest BCUT2D eigenvalue weighted by Gasteiger charge is 2.17. The fourth-order valence-electron chi connectivity index (χ4n) is 1.86. The molecule has 2 N–H and O–H groups in total. The molecule has 0 saturated carbocycles. The summed E-state index contributed by atoms with van der Waals surface area (Å²) < 4.78 is 32.9. The van der Waals surface area contributed by atoms with E-state index in [4.69, 9.17) is 10.5 Å². The summed E-state index contributed by atoms with van der Waals surface area (Å²) in [5.41, 5.74) is 6.74. The first-order chi connectivity index (χ1) is 9.02. The average molecular weight is 328 g/mol. The Labute approximate surface area is 118 Å². The van der Waals surface area contributed by atoms with E-state index in [1.807, 2.05) is 0 Å². The van der Waals surface area contributed by atoms with Gasteiger partial charge >= 0.3 is 0 Å². The topological polar surface area (TPSA) is 35.2 Å². The van der Waals surface area contributed by atoms with Crippen molar-refractivity contribution in [2.45, 2.75) is 6.04 Å². The smallest absolute Gasteiger partial charge is 0.170 e. The zero-order valence-corrected chi connectivity index (χ0v) is 11.7. The van der Waals surface area contributed by atoms with E-state index in [1.165, 1.54) is 25.3 Å². The van der Waals surface area contributed by atoms with Crippen LogP contribution in [0, 0.1) is 11.6 Å². The van der Waals surface area contributed by atoms with E-state index in [9.17, 15) is 8.78 Å². The van der Waals surface area contributed by atoms with Crippen LogP contribution in [0.2, 0.25) is 0 Å². The lowest BCUT2D eigenvalue weighted by Crippen LogP contribution is -2.14. The average Bonchev–Trinajstić information content (AvgIpc) is 2.37. The van der Waals surface area contributed by atoms with E-state index < -0.39 is 17.7 Å². The van der Waals surface area contributed by atoms with Crippen molar-refractivity contribution in [2.75, 3.05) is 7.11 Å². The molecule has 0 aromatic heterocycles. The van der Waals surface area contributed by atoms with Gasteiger partial charge in [-0.2, -0.15) is 0 Å². The van der Waals surface area contributed by atoms with Crippen LogP contribution in [0.3, 0.4) is 0 Å². The van der Waals surface area contributed by atoms with E-state index in [0.717, 1.165) is 0 Å². The minimum atomic E-state index is -0.762. The molecule has 0 fully saturated rings. The summed E-state index contributed by atoms with van der Waals surface area (Å²) in [6, 6.07) is 8.21. The Morgan fingerprint density at radius 1 is 1.21 bits per heavy atom. The SMILES string of the molecule is COc1cccc(C(N)c2cc(F)cc(Br)c2)c1F. The summed E-state index contributed by atoms with van der Waals surface area (Å²) in [4.78, 5) is 0. The van der Waals surface area contributed by atoms with E-state index in [2.05, 4.69) is 15.9 Å². The maximum Gasteiger partial charge on any atom is 0.170 e. The summed E-state index contributed by atoms with van der Waals surface area (Å²) in [6.45, 7) is 0. The number of nitrogens with two attached hydrogens (primary N) is 1. The van der Waals surface area contributed by atoms with Crippen LogP contribution in [0.15, 0.2) is 40.9 Å². The molecule has 0 spiro atoms. The lowest BCUT2D eigenvalue weighted by atomic mass is 9.99. The number of halogens is 3. The van der Waals surface area contributed by atoms with Gasteiger partial charge in [0.05, 0.1) is 13.2 Å². The lowest BCUT2D eigenvalue weighted by Gasteiger charge is -2.15. The van der Waals surface area contributed by atoms with Gasteiger partial charge in [0, 0.05) is 10.0 Å². The second-order valence-corrected chi connectivity index (χ2v) is 4.96. The molecular weight excluding hydrogens is 316 g/mol. The third kappa shape index (κ3) is 2.93. The maximum atomic E-state index is 14.1. The van der Waals surface area contributed by atoms with Gasteiger partial charge in [0.2, 0.25) is 0 Å². The predicted molar refractivity (Wildman–Crippen MR) is 73.1 cm³/mol. The van der Waals surface area contributed by atoms with Gasteiger partial charge in [0.1, 0.15) is 5.82 Å². The van der Waals surface area contributed by atoms with Crippen LogP contribution in [-0.4, -0.2) is 7.11 Å². The molecule has 5 heteroatoms. The molecule has 19 heavy (non-hydrogen) atoms. The molecule has 100 valence electrons. The van der Waals surface area contributed by atoms with Crippen molar-refractivity contribution in [3.05, 3.63) is 63.6 Å². The normalized spacial score (nSPS) is 12.3. The molecule has 0 amide bonds. The fraction of sp³-hybridized carbons (Fsp3) is 0.143. The molecule has 1 unspecified atom stereocenters. The Kier molecular flexibility index (Phi) is 4.17. The van der Waals surface area contributed by atoms with Crippen LogP contribution in [0.1, 0.15) is 17.2 Å². The van der Waals surface area contributed by atoms with Gasteiger partial charge in [-0.3, -0.25) is 0 Å². The van der Waals surface area contributed by atoms with Crippen LogP contribution in [0.25, 0.3) is 0 Å². The Morgan fingerprint density at radius 2 is 1.95 bits per heavy atom. The molecule has 2 aromatic rings. The predicted octanol–water partition coefficient (Wildman–Crippen LogP) is 3.78. The monoisotopic (exact) mass is 327 g/mol. The molecule has 0 saturated heterocycles. The van der Waals surface area contributed by atoms with Gasteiger partial charge in [0.15, 0.2) is 11.6 Å². The Balaban J connectivity index is 2.46. The summed E-state index contributed by atoms with van der Waals surface area (Å²) >= 11 is 3.19. The molecule has 2 aromatic carbocycles. The highest BCUT2D eigenvalue weighted by atomic mass is 79.9. The van der Waals surface area contributed by atoms with Crippen molar-refractivity contribution >= 4 is 15.9 Å². The van der Waals surface area contributed by atoms with E-state index in [-0.39, 0.29) is 11.3 Å². The first kappa shape index (κ1) is 14.0. The number of ether oxygens (including phenoxy) is 1. The standard InChI is InChI=1S/C14H12BrF2NO/c1-19-12-4-2-3-11(13(12)17)14(18)8-5-9(15)7-10(16)6-8/h2-7,14H,18H2,1H3. The second-order valence-electron chi connectivity index (χ2n) is 4.04. The molecule has 0 radical (unpaired) electrons. The molecule has 1 atom stereocenters. The van der Waals surface area contributed by atoms with Crippen molar-refractivity contribution in [3.63, 3.8) is 0 Å². The van der Waals surface area contributed by atoms with Crippen LogP contribution in [0.5, 0.6) is 5.75 Å². The number of rotatable bonds is 3. The molecule has 0 aliphatic heterocycles. The van der Waals surface area contributed by atoms with Crippen LogP contribution < -0.4 is 10.5 Å². The summed E-state index contributed by atoms with van der Waals surface area (Å²) in [5.74, 6) is -0.843. The van der Waals surface area contributed by atoms with E-state index >= 15 is 0 Å². The second kappa shape index (κ2) is 5.67. The first-order valence-corrected chi connectivity index (χ1v) is 6.36. The molecule has 0 aliphatic carbocycles. The lowest BCUT2D eigenvalue weighted by molar-refractivity contribution is 0.383. The first-order valence-electron chi connectivity index (χ1n) is 5.57. The number of hydrogen-bond acceptors (Lipinski definition) is 2. The maximum absolute atomic E-state index is 14.1. The van der Waals surface area contributed by atoms with Gasteiger partial charge in [-0.1, -0.05) is 28.1 Å². The van der Waals surface area contributed by atoms with E-state index in [0.29, 0.717) is 10.0 Å². The summed E-state index contributed by atoms with van der Waals surface area (Å²) in [6.07, 6.45) is 0. The third-order valence-electron chi connectivity index (χ3n) is 2.79. The fourth-order valence-corrected chi connectivity index (χ4v) is 2.34. The van der Waals surface area contributed by atoms with Crippen LogP contribution >= 0.6 is 15.9 Å². The molecule has 2 rings (SSSR count). The number of hydrogen-bond donors (Lipinski definition) is 1. The summed E-state index contributed by atoms with van der Waals surface area (Å²) in [5, 5.41) is 0. The van der Waals surface area contributed by atoms with Crippen molar-refractivity contribution in [1.82, 2.24) is 0 Å². The van der Waals surface area contributed by atoms with Crippen molar-refractivity contribution in [2.24, 2.45) is 5.73 Å². The molecule has 0 heterocycles. The minimum Gasteiger partial charge on any atom is -0.494 e. The number of methoxy groups -OCH3 is 1. The largest absolute Gasteiger partial charge is 0.494 e. The van der Waals surface area contributed by atoms with Gasteiger partial charge in [-0.15, -0.1) is 0 Å². The van der Waals surface area contributed by atoms with Gasteiger partial charge < -0.3 is 10.5 Å². The minimum absolute atomic E-state index is 0.114. The van der Waals surface area contributed by atoms with Crippen molar-refractivity contribution in [3.8, 4) is 5.75 Å². The molecular formula is C14H12BrF2NO. The zero-order valence-electron chi connectivity index (χ0n) is 10.2. The van der Waals surface area contributed by atoms with Crippen molar-refractivity contribution < 1.29 is 13.5 Å². The zero-order chi connectivity index (χ0) is 14.0. The molecule has 0 aliphatic rings. The van der Waals surface area contributed by atoms with Gasteiger partial charge in [-0.05, 0) is 29.8 Å². The highest BCUT2D eigenvalue weighted by Crippen LogP contribution is 2.29. The molecule has 0 bridgehead atoms. The quantitative estimate of drug-likeness (QED) is 0.931. The van der Waals surface area contributed by atoms with Crippen LogP contribution in [0.4, 0.5) is 8.78 Å². The summed E-state index contributed by atoms with van der Waals surface area (Å²) in [7, 11) is 1.38. The Bertz CT molecular complexity index is 584. The third-order valence-corrected chi connectivity index (χ3v) is 3.25. The highest BCUT2D eigenvalue weighted by molar-refractivity contribution is 9.10.